The Kier molecular flexibility index (Phi) is 2.68. The fourth-order valence-electron chi connectivity index (χ4n) is 1.44. The van der Waals surface area contributed by atoms with Crippen LogP contribution in [-0.4, -0.2) is 19.0 Å². The molecule has 4 heteroatoms. The zero-order valence-corrected chi connectivity index (χ0v) is 8.51. The number of rotatable bonds is 2. The molecule has 80 valence electrons. The molecule has 3 nitrogen and oxygen atoms in total. The van der Waals surface area contributed by atoms with Gasteiger partial charge < -0.3 is 10.6 Å². The van der Waals surface area contributed by atoms with Crippen LogP contribution in [0.2, 0.25) is 0 Å². The molecule has 0 spiro atoms. The van der Waals surface area contributed by atoms with E-state index in [4.69, 9.17) is 0 Å². The molecular weight excluding hydrogens is 195 g/mol. The fourth-order valence-corrected chi connectivity index (χ4v) is 1.44. The summed E-state index contributed by atoms with van der Waals surface area (Å²) in [5.74, 6) is -0.201. The molecule has 1 fully saturated rings. The highest BCUT2D eigenvalue weighted by atomic mass is 19.1. The van der Waals surface area contributed by atoms with E-state index in [1.807, 2.05) is 0 Å². The summed E-state index contributed by atoms with van der Waals surface area (Å²) >= 11 is 0. The highest BCUT2D eigenvalue weighted by molar-refractivity contribution is 5.93. The van der Waals surface area contributed by atoms with Crippen LogP contribution in [0, 0.1) is 18.7 Å². The van der Waals surface area contributed by atoms with E-state index in [0.717, 1.165) is 13.1 Å². The number of hydrogen-bond acceptors (Lipinski definition) is 2. The summed E-state index contributed by atoms with van der Waals surface area (Å²) in [6, 6.07) is 4.58. The molecule has 1 aromatic carbocycles. The molecule has 0 bridgehead atoms. The van der Waals surface area contributed by atoms with Gasteiger partial charge >= 0.3 is 0 Å². The Bertz CT molecular complexity index is 388. The molecule has 0 atom stereocenters. The lowest BCUT2D eigenvalue weighted by molar-refractivity contribution is -0.121. The number of carbonyl (C=O) groups excluding carboxylic acids is 1. The maximum atomic E-state index is 12.9. The van der Waals surface area contributed by atoms with Crippen molar-refractivity contribution >= 4 is 11.6 Å². The third kappa shape index (κ3) is 2.15. The van der Waals surface area contributed by atoms with Gasteiger partial charge in [0.05, 0.1) is 5.92 Å². The molecule has 1 amide bonds. The van der Waals surface area contributed by atoms with Gasteiger partial charge in [0.25, 0.3) is 0 Å². The van der Waals surface area contributed by atoms with Gasteiger partial charge in [-0.15, -0.1) is 0 Å². The summed E-state index contributed by atoms with van der Waals surface area (Å²) < 4.78 is 12.9. The summed E-state index contributed by atoms with van der Waals surface area (Å²) in [6.07, 6.45) is 0. The first-order chi connectivity index (χ1) is 7.16. The largest absolute Gasteiger partial charge is 0.326 e. The Labute approximate surface area is 87.7 Å². The fraction of sp³-hybridized carbons (Fsp3) is 0.364. The van der Waals surface area contributed by atoms with Gasteiger partial charge in [-0.3, -0.25) is 4.79 Å². The molecule has 1 aliphatic heterocycles. The van der Waals surface area contributed by atoms with E-state index in [-0.39, 0.29) is 17.6 Å². The summed E-state index contributed by atoms with van der Waals surface area (Å²) in [7, 11) is 0. The summed E-state index contributed by atoms with van der Waals surface area (Å²) in [5, 5.41) is 5.79. The van der Waals surface area contributed by atoms with Crippen LogP contribution in [-0.2, 0) is 4.79 Å². The van der Waals surface area contributed by atoms with Crippen LogP contribution in [0.25, 0.3) is 0 Å². The Hall–Kier alpha value is -1.42. The van der Waals surface area contributed by atoms with Crippen LogP contribution >= 0.6 is 0 Å². The second kappa shape index (κ2) is 3.98. The minimum atomic E-state index is -0.252. The van der Waals surface area contributed by atoms with Crippen LogP contribution in [0.15, 0.2) is 18.2 Å². The second-order valence-corrected chi connectivity index (χ2v) is 3.81. The molecule has 0 unspecified atom stereocenters. The molecule has 2 N–H and O–H groups in total. The van der Waals surface area contributed by atoms with Gasteiger partial charge in [-0.2, -0.15) is 0 Å². The highest BCUT2D eigenvalue weighted by Gasteiger charge is 2.24. The lowest BCUT2D eigenvalue weighted by Gasteiger charge is -2.25. The third-order valence-corrected chi connectivity index (χ3v) is 2.58. The van der Waals surface area contributed by atoms with Crippen LogP contribution in [0.3, 0.4) is 0 Å². The first kappa shape index (κ1) is 10.1. The summed E-state index contributed by atoms with van der Waals surface area (Å²) in [6.45, 7) is 3.13. The van der Waals surface area contributed by atoms with E-state index in [2.05, 4.69) is 10.6 Å². The molecule has 15 heavy (non-hydrogen) atoms. The number of benzene rings is 1. The predicted octanol–water partition coefficient (Wildman–Crippen LogP) is 1.29. The first-order valence-corrected chi connectivity index (χ1v) is 4.94. The summed E-state index contributed by atoms with van der Waals surface area (Å²) in [4.78, 5) is 11.5. The van der Waals surface area contributed by atoms with Gasteiger partial charge in [0.1, 0.15) is 5.82 Å². The molecule has 0 radical (unpaired) electrons. The van der Waals surface area contributed by atoms with Gasteiger partial charge in [-0.25, -0.2) is 4.39 Å². The minimum absolute atomic E-state index is 0.000224. The lowest BCUT2D eigenvalue weighted by Crippen LogP contribution is -2.48. The number of anilines is 1. The minimum Gasteiger partial charge on any atom is -0.326 e. The van der Waals surface area contributed by atoms with Crippen molar-refractivity contribution in [3.8, 4) is 0 Å². The van der Waals surface area contributed by atoms with E-state index >= 15 is 0 Å². The molecule has 0 aliphatic carbocycles. The zero-order chi connectivity index (χ0) is 10.8. The average Bonchev–Trinajstić information content (AvgIpc) is 2.08. The van der Waals surface area contributed by atoms with E-state index in [1.165, 1.54) is 6.07 Å². The average molecular weight is 208 g/mol. The molecule has 1 aliphatic rings. The van der Waals surface area contributed by atoms with Gasteiger partial charge in [0, 0.05) is 18.8 Å². The predicted molar refractivity (Wildman–Crippen MR) is 56.1 cm³/mol. The van der Waals surface area contributed by atoms with Crippen LogP contribution in [0.1, 0.15) is 5.56 Å². The number of amides is 1. The van der Waals surface area contributed by atoms with Gasteiger partial charge in [0.15, 0.2) is 0 Å². The van der Waals surface area contributed by atoms with Crippen LogP contribution in [0.4, 0.5) is 10.1 Å². The molecule has 1 heterocycles. The number of carbonyl (C=O) groups is 1. The smallest absolute Gasteiger partial charge is 0.230 e. The number of halogens is 1. The first-order valence-electron chi connectivity index (χ1n) is 4.94. The zero-order valence-electron chi connectivity index (χ0n) is 8.51. The maximum absolute atomic E-state index is 12.9. The molecule has 2 rings (SSSR count). The van der Waals surface area contributed by atoms with Crippen LogP contribution in [0.5, 0.6) is 0 Å². The van der Waals surface area contributed by atoms with E-state index < -0.39 is 0 Å². The van der Waals surface area contributed by atoms with E-state index in [0.29, 0.717) is 11.3 Å². The van der Waals surface area contributed by atoms with Gasteiger partial charge in [0.2, 0.25) is 5.91 Å². The standard InChI is InChI=1S/C11H13FN2O/c1-7-4-9(2-3-10(7)12)14-11(15)8-5-13-6-8/h2-4,8,13H,5-6H2,1H3,(H,14,15). The highest BCUT2D eigenvalue weighted by Crippen LogP contribution is 2.15. The molecule has 1 aromatic rings. The van der Waals surface area contributed by atoms with Crippen molar-refractivity contribution in [2.45, 2.75) is 6.92 Å². The molecule has 0 aromatic heterocycles. The van der Waals surface area contributed by atoms with Gasteiger partial charge in [-0.1, -0.05) is 0 Å². The quantitative estimate of drug-likeness (QED) is 0.769. The molecular formula is C11H13FN2O. The van der Waals surface area contributed by atoms with Crippen molar-refractivity contribution in [3.05, 3.63) is 29.6 Å². The van der Waals surface area contributed by atoms with E-state index in [1.54, 1.807) is 19.1 Å². The number of hydrogen-bond donors (Lipinski definition) is 2. The number of nitrogens with one attached hydrogen (secondary N) is 2. The Balaban J connectivity index is 2.03. The lowest BCUT2D eigenvalue weighted by atomic mass is 10.0. The Morgan fingerprint density at radius 2 is 2.27 bits per heavy atom. The summed E-state index contributed by atoms with van der Waals surface area (Å²) in [5.41, 5.74) is 1.20. The SMILES string of the molecule is Cc1cc(NC(=O)C2CNC2)ccc1F. The van der Waals surface area contributed by atoms with Gasteiger partial charge in [-0.05, 0) is 30.7 Å². The van der Waals surface area contributed by atoms with E-state index in [9.17, 15) is 9.18 Å². The Morgan fingerprint density at radius 3 is 2.80 bits per heavy atom. The van der Waals surface area contributed by atoms with Crippen molar-refractivity contribution in [3.63, 3.8) is 0 Å². The van der Waals surface area contributed by atoms with Crippen molar-refractivity contribution in [2.24, 2.45) is 5.92 Å². The number of aryl methyl sites for hydroxylation is 1. The van der Waals surface area contributed by atoms with Crippen molar-refractivity contribution < 1.29 is 9.18 Å². The van der Waals surface area contributed by atoms with Crippen molar-refractivity contribution in [1.82, 2.24) is 5.32 Å². The van der Waals surface area contributed by atoms with Crippen molar-refractivity contribution in [2.75, 3.05) is 18.4 Å². The topological polar surface area (TPSA) is 41.1 Å². The monoisotopic (exact) mass is 208 g/mol. The molecule has 0 saturated carbocycles. The third-order valence-electron chi connectivity index (χ3n) is 2.58. The Morgan fingerprint density at radius 1 is 1.53 bits per heavy atom. The maximum Gasteiger partial charge on any atom is 0.230 e. The molecule has 1 saturated heterocycles. The van der Waals surface area contributed by atoms with Crippen molar-refractivity contribution in [1.29, 1.82) is 0 Å². The van der Waals surface area contributed by atoms with Crippen LogP contribution < -0.4 is 10.6 Å². The normalized spacial score (nSPS) is 15.9. The second-order valence-electron chi connectivity index (χ2n) is 3.81.